The normalized spacial score (nSPS) is 10.9. The summed E-state index contributed by atoms with van der Waals surface area (Å²) in [5.74, 6) is 0.354. The van der Waals surface area contributed by atoms with E-state index in [1.54, 1.807) is 25.3 Å². The highest BCUT2D eigenvalue weighted by Crippen LogP contribution is 2.32. The van der Waals surface area contributed by atoms with Crippen LogP contribution in [0, 0.1) is 0 Å². The molecule has 130 valence electrons. The van der Waals surface area contributed by atoms with Gasteiger partial charge in [0, 0.05) is 25.8 Å². The third-order valence-corrected chi connectivity index (χ3v) is 3.43. The molecule has 0 amide bonds. The van der Waals surface area contributed by atoms with Crippen LogP contribution < -0.4 is 14.8 Å². The molecule has 1 N–H and O–H groups in total. The Morgan fingerprint density at radius 1 is 1.00 bits per heavy atom. The van der Waals surface area contributed by atoms with E-state index in [2.05, 4.69) is 10.1 Å². The highest BCUT2D eigenvalue weighted by atomic mass is 19.3. The molecule has 0 fully saturated rings. The summed E-state index contributed by atoms with van der Waals surface area (Å²) in [5.41, 5.74) is 2.78. The summed E-state index contributed by atoms with van der Waals surface area (Å²) in [6.45, 7) is -1.36. The quantitative estimate of drug-likeness (QED) is 0.757. The van der Waals surface area contributed by atoms with Crippen molar-refractivity contribution < 1.29 is 23.0 Å². The largest absolute Gasteiger partial charge is 0.493 e. The van der Waals surface area contributed by atoms with Gasteiger partial charge in [-0.2, -0.15) is 8.78 Å². The Morgan fingerprint density at radius 2 is 1.75 bits per heavy atom. The van der Waals surface area contributed by atoms with Gasteiger partial charge in [0.15, 0.2) is 11.5 Å². The molecule has 2 aromatic carbocycles. The van der Waals surface area contributed by atoms with Crippen LogP contribution in [0.15, 0.2) is 42.5 Å². The maximum Gasteiger partial charge on any atom is 0.387 e. The molecular weight excluding hydrogens is 316 g/mol. The molecule has 0 saturated heterocycles. The molecular formula is C18H21F2NO3. The van der Waals surface area contributed by atoms with Crippen molar-refractivity contribution >= 4 is 0 Å². The van der Waals surface area contributed by atoms with Crippen molar-refractivity contribution in [2.45, 2.75) is 26.3 Å². The third kappa shape index (κ3) is 5.18. The van der Waals surface area contributed by atoms with Crippen LogP contribution in [0.3, 0.4) is 0 Å². The SMILES string of the molecule is COCc1cccc(CNCc2cccc(OC)c2OC(F)F)c1. The minimum absolute atomic E-state index is 0.0654. The fourth-order valence-electron chi connectivity index (χ4n) is 2.42. The minimum Gasteiger partial charge on any atom is -0.493 e. The van der Waals surface area contributed by atoms with Gasteiger partial charge in [0.1, 0.15) is 0 Å². The van der Waals surface area contributed by atoms with Crippen LogP contribution in [0.25, 0.3) is 0 Å². The van der Waals surface area contributed by atoms with Gasteiger partial charge in [0.2, 0.25) is 0 Å². The molecule has 0 radical (unpaired) electrons. The second kappa shape index (κ2) is 9.20. The lowest BCUT2D eigenvalue weighted by atomic mass is 10.1. The number of benzene rings is 2. The molecule has 0 unspecified atom stereocenters. The van der Waals surface area contributed by atoms with E-state index in [4.69, 9.17) is 9.47 Å². The highest BCUT2D eigenvalue weighted by molar-refractivity contribution is 5.46. The molecule has 0 aliphatic rings. The molecule has 0 aliphatic carbocycles. The highest BCUT2D eigenvalue weighted by Gasteiger charge is 2.14. The maximum atomic E-state index is 12.6. The van der Waals surface area contributed by atoms with E-state index < -0.39 is 6.61 Å². The van der Waals surface area contributed by atoms with Crippen LogP contribution in [0.2, 0.25) is 0 Å². The lowest BCUT2D eigenvalue weighted by Gasteiger charge is -2.15. The van der Waals surface area contributed by atoms with Crippen molar-refractivity contribution in [1.29, 1.82) is 0 Å². The number of halogens is 2. The number of alkyl halides is 2. The second-order valence-electron chi connectivity index (χ2n) is 5.18. The average Bonchev–Trinajstić information content (AvgIpc) is 2.56. The van der Waals surface area contributed by atoms with Crippen LogP contribution in [-0.2, 0) is 24.4 Å². The summed E-state index contributed by atoms with van der Waals surface area (Å²) in [6.07, 6.45) is 0. The fraction of sp³-hybridized carbons (Fsp3) is 0.333. The van der Waals surface area contributed by atoms with Gasteiger partial charge >= 0.3 is 6.61 Å². The Morgan fingerprint density at radius 3 is 2.46 bits per heavy atom. The lowest BCUT2D eigenvalue weighted by Crippen LogP contribution is -2.15. The third-order valence-electron chi connectivity index (χ3n) is 3.43. The zero-order valence-corrected chi connectivity index (χ0v) is 13.7. The number of ether oxygens (including phenoxy) is 3. The summed E-state index contributed by atoms with van der Waals surface area (Å²) < 4.78 is 40.0. The van der Waals surface area contributed by atoms with Gasteiger partial charge in [0.05, 0.1) is 13.7 Å². The van der Waals surface area contributed by atoms with Crippen molar-refractivity contribution in [3.05, 3.63) is 59.2 Å². The van der Waals surface area contributed by atoms with Gasteiger partial charge in [-0.25, -0.2) is 0 Å². The Hall–Kier alpha value is -2.18. The molecule has 2 aromatic rings. The van der Waals surface area contributed by atoms with Crippen LogP contribution in [0.5, 0.6) is 11.5 Å². The lowest BCUT2D eigenvalue weighted by molar-refractivity contribution is -0.0518. The van der Waals surface area contributed by atoms with Crippen LogP contribution in [0.4, 0.5) is 8.78 Å². The van der Waals surface area contributed by atoms with Crippen molar-refractivity contribution in [1.82, 2.24) is 5.32 Å². The molecule has 24 heavy (non-hydrogen) atoms. The first kappa shape index (κ1) is 18.2. The van der Waals surface area contributed by atoms with E-state index in [1.807, 2.05) is 24.3 Å². The van der Waals surface area contributed by atoms with E-state index in [-0.39, 0.29) is 11.5 Å². The van der Waals surface area contributed by atoms with Gasteiger partial charge in [-0.05, 0) is 17.2 Å². The van der Waals surface area contributed by atoms with Gasteiger partial charge in [-0.3, -0.25) is 0 Å². The molecule has 0 aliphatic heterocycles. The standard InChI is InChI=1S/C18H21F2NO3/c1-22-12-14-6-3-5-13(9-14)10-21-11-15-7-4-8-16(23-2)17(15)24-18(19)20/h3-9,18,21H,10-12H2,1-2H3. The van der Waals surface area contributed by atoms with E-state index in [0.29, 0.717) is 25.3 Å². The van der Waals surface area contributed by atoms with Gasteiger partial charge in [-0.1, -0.05) is 36.4 Å². The van der Waals surface area contributed by atoms with Gasteiger partial charge < -0.3 is 19.5 Å². The van der Waals surface area contributed by atoms with Crippen LogP contribution in [-0.4, -0.2) is 20.8 Å². The molecule has 0 atom stereocenters. The summed E-state index contributed by atoms with van der Waals surface area (Å²) in [4.78, 5) is 0. The monoisotopic (exact) mass is 337 g/mol. The van der Waals surface area contributed by atoms with E-state index in [9.17, 15) is 8.78 Å². The number of para-hydroxylation sites is 1. The number of hydrogen-bond donors (Lipinski definition) is 1. The zero-order chi connectivity index (χ0) is 17.4. The molecule has 0 saturated carbocycles. The molecule has 0 spiro atoms. The summed E-state index contributed by atoms with van der Waals surface area (Å²) in [5, 5.41) is 3.23. The zero-order valence-electron chi connectivity index (χ0n) is 13.7. The topological polar surface area (TPSA) is 39.7 Å². The molecule has 2 rings (SSSR count). The Balaban J connectivity index is 2.02. The first-order valence-corrected chi connectivity index (χ1v) is 7.52. The summed E-state index contributed by atoms with van der Waals surface area (Å²) in [7, 11) is 3.07. The minimum atomic E-state index is -2.90. The molecule has 4 nitrogen and oxygen atoms in total. The number of methoxy groups -OCH3 is 2. The van der Waals surface area contributed by atoms with Crippen molar-refractivity contribution in [2.24, 2.45) is 0 Å². The fourth-order valence-corrected chi connectivity index (χ4v) is 2.42. The van der Waals surface area contributed by atoms with E-state index in [1.165, 1.54) is 7.11 Å². The van der Waals surface area contributed by atoms with E-state index >= 15 is 0 Å². The van der Waals surface area contributed by atoms with Crippen LogP contribution >= 0.6 is 0 Å². The second-order valence-corrected chi connectivity index (χ2v) is 5.18. The number of rotatable bonds is 9. The molecule has 0 aromatic heterocycles. The molecule has 6 heteroatoms. The van der Waals surface area contributed by atoms with Crippen molar-refractivity contribution in [3.8, 4) is 11.5 Å². The Labute approximate surface area is 140 Å². The van der Waals surface area contributed by atoms with Crippen molar-refractivity contribution in [2.75, 3.05) is 14.2 Å². The van der Waals surface area contributed by atoms with Crippen molar-refractivity contribution in [3.63, 3.8) is 0 Å². The predicted octanol–water partition coefficient (Wildman–Crippen LogP) is 3.73. The number of nitrogens with one attached hydrogen (secondary N) is 1. The predicted molar refractivity (Wildman–Crippen MR) is 87.3 cm³/mol. The smallest absolute Gasteiger partial charge is 0.387 e. The Bertz CT molecular complexity index is 650. The first-order valence-electron chi connectivity index (χ1n) is 7.52. The number of hydrogen-bond acceptors (Lipinski definition) is 4. The molecule has 0 bridgehead atoms. The van der Waals surface area contributed by atoms with Gasteiger partial charge in [-0.15, -0.1) is 0 Å². The average molecular weight is 337 g/mol. The van der Waals surface area contributed by atoms with E-state index in [0.717, 1.165) is 11.1 Å². The molecule has 0 heterocycles. The maximum absolute atomic E-state index is 12.6. The Kier molecular flexibility index (Phi) is 6.96. The summed E-state index contributed by atoms with van der Waals surface area (Å²) >= 11 is 0. The van der Waals surface area contributed by atoms with Gasteiger partial charge in [0.25, 0.3) is 0 Å². The first-order chi connectivity index (χ1) is 11.6. The summed E-state index contributed by atoms with van der Waals surface area (Å²) in [6, 6.07) is 13.1. The van der Waals surface area contributed by atoms with Crippen LogP contribution in [0.1, 0.15) is 16.7 Å².